The summed E-state index contributed by atoms with van der Waals surface area (Å²) in [5, 5.41) is 0. The molecule has 0 bridgehead atoms. The second kappa shape index (κ2) is 9.49. The molecule has 1 aromatic heterocycles. The number of carbonyl (C=O) groups excluding carboxylic acids is 1. The van der Waals surface area contributed by atoms with Crippen LogP contribution in [0.1, 0.15) is 66.2 Å². The van der Waals surface area contributed by atoms with Crippen molar-refractivity contribution in [2.75, 3.05) is 26.2 Å². The summed E-state index contributed by atoms with van der Waals surface area (Å²) in [6.07, 6.45) is 7.39. The van der Waals surface area contributed by atoms with E-state index >= 15 is 0 Å². The van der Waals surface area contributed by atoms with Gasteiger partial charge in [0.2, 0.25) is 0 Å². The SMILES string of the molecule is C=CCc1cc(-c2ccc(C3CCN(C(C)C)CC3)cc2)sc1C(=O)N1CCCC1. The Balaban J connectivity index is 1.50. The van der Waals surface area contributed by atoms with E-state index in [2.05, 4.69) is 55.7 Å². The molecule has 1 amide bonds. The van der Waals surface area contributed by atoms with Gasteiger partial charge in [-0.25, -0.2) is 0 Å². The Hall–Kier alpha value is -1.91. The first kappa shape index (κ1) is 21.3. The van der Waals surface area contributed by atoms with Crippen LogP contribution in [-0.2, 0) is 6.42 Å². The van der Waals surface area contributed by atoms with Gasteiger partial charge in [-0.05, 0) is 87.7 Å². The van der Waals surface area contributed by atoms with Crippen LogP contribution in [-0.4, -0.2) is 47.9 Å². The van der Waals surface area contributed by atoms with E-state index in [-0.39, 0.29) is 5.91 Å². The molecule has 0 radical (unpaired) electrons. The summed E-state index contributed by atoms with van der Waals surface area (Å²) >= 11 is 1.65. The van der Waals surface area contributed by atoms with E-state index in [0.717, 1.165) is 42.8 Å². The van der Waals surface area contributed by atoms with Gasteiger partial charge in [0.05, 0.1) is 4.88 Å². The largest absolute Gasteiger partial charge is 0.338 e. The van der Waals surface area contributed by atoms with Gasteiger partial charge in [-0.2, -0.15) is 0 Å². The van der Waals surface area contributed by atoms with Crippen molar-refractivity contribution in [2.24, 2.45) is 0 Å². The van der Waals surface area contributed by atoms with E-state index in [0.29, 0.717) is 12.0 Å². The molecular formula is C26H34N2OS. The maximum absolute atomic E-state index is 13.0. The highest BCUT2D eigenvalue weighted by molar-refractivity contribution is 7.17. The number of hydrogen-bond acceptors (Lipinski definition) is 3. The molecule has 1 aromatic carbocycles. The van der Waals surface area contributed by atoms with Crippen LogP contribution in [0, 0.1) is 0 Å². The number of hydrogen-bond donors (Lipinski definition) is 0. The monoisotopic (exact) mass is 422 g/mol. The molecule has 2 aliphatic heterocycles. The van der Waals surface area contributed by atoms with E-state index in [1.807, 2.05) is 11.0 Å². The van der Waals surface area contributed by atoms with E-state index in [9.17, 15) is 4.79 Å². The second-order valence-corrected chi connectivity index (χ2v) is 10.0. The quantitative estimate of drug-likeness (QED) is 0.536. The molecule has 0 atom stereocenters. The summed E-state index contributed by atoms with van der Waals surface area (Å²) in [6, 6.07) is 12.0. The highest BCUT2D eigenvalue weighted by atomic mass is 32.1. The molecule has 160 valence electrons. The number of rotatable bonds is 6. The van der Waals surface area contributed by atoms with Crippen molar-refractivity contribution >= 4 is 17.2 Å². The third-order valence-electron chi connectivity index (χ3n) is 6.69. The van der Waals surface area contributed by atoms with Crippen LogP contribution in [0.2, 0.25) is 0 Å². The smallest absolute Gasteiger partial charge is 0.264 e. The van der Waals surface area contributed by atoms with E-state index in [4.69, 9.17) is 0 Å². The molecule has 2 aliphatic rings. The fraction of sp³-hybridized carbons (Fsp3) is 0.500. The molecule has 0 spiro atoms. The third-order valence-corrected chi connectivity index (χ3v) is 7.90. The van der Waals surface area contributed by atoms with Crippen LogP contribution in [0.5, 0.6) is 0 Å². The lowest BCUT2D eigenvalue weighted by atomic mass is 9.88. The number of allylic oxidation sites excluding steroid dienone is 1. The van der Waals surface area contributed by atoms with Gasteiger partial charge >= 0.3 is 0 Å². The number of likely N-dealkylation sites (tertiary alicyclic amines) is 2. The van der Waals surface area contributed by atoms with Gasteiger partial charge in [0.25, 0.3) is 5.91 Å². The predicted octanol–water partition coefficient (Wildman–Crippen LogP) is 5.97. The zero-order chi connectivity index (χ0) is 21.1. The fourth-order valence-electron chi connectivity index (χ4n) is 4.79. The van der Waals surface area contributed by atoms with Crippen LogP contribution >= 0.6 is 11.3 Å². The summed E-state index contributed by atoms with van der Waals surface area (Å²) in [6.45, 7) is 12.7. The number of benzene rings is 1. The Morgan fingerprint density at radius 2 is 1.80 bits per heavy atom. The maximum Gasteiger partial charge on any atom is 0.264 e. The van der Waals surface area contributed by atoms with Crippen LogP contribution in [0.4, 0.5) is 0 Å². The van der Waals surface area contributed by atoms with Crippen LogP contribution in [0.15, 0.2) is 43.0 Å². The molecule has 4 rings (SSSR count). The normalized spacial score (nSPS) is 18.3. The lowest BCUT2D eigenvalue weighted by molar-refractivity contribution is 0.0796. The minimum Gasteiger partial charge on any atom is -0.338 e. The lowest BCUT2D eigenvalue weighted by Gasteiger charge is -2.34. The molecule has 2 fully saturated rings. The van der Waals surface area contributed by atoms with Gasteiger partial charge in [0.1, 0.15) is 0 Å². The molecule has 4 heteroatoms. The average molecular weight is 423 g/mol. The minimum atomic E-state index is 0.203. The Morgan fingerprint density at radius 1 is 1.13 bits per heavy atom. The fourth-order valence-corrected chi connectivity index (χ4v) is 5.96. The molecule has 30 heavy (non-hydrogen) atoms. The van der Waals surface area contributed by atoms with Crippen LogP contribution in [0.3, 0.4) is 0 Å². The minimum absolute atomic E-state index is 0.203. The van der Waals surface area contributed by atoms with Gasteiger partial charge in [0, 0.05) is 24.0 Å². The number of thiophene rings is 1. The first-order chi connectivity index (χ1) is 14.6. The summed E-state index contributed by atoms with van der Waals surface area (Å²) in [4.78, 5) is 19.7. The number of piperidine rings is 1. The summed E-state index contributed by atoms with van der Waals surface area (Å²) < 4.78 is 0. The van der Waals surface area contributed by atoms with E-state index in [1.165, 1.54) is 41.9 Å². The zero-order valence-corrected chi connectivity index (χ0v) is 19.2. The standard InChI is InChI=1S/C26H34N2OS/c1-4-7-23-18-24(30-25(23)26(29)28-14-5-6-15-28)22-10-8-20(9-11-22)21-12-16-27(17-13-21)19(2)3/h4,8-11,18-19,21H,1,5-7,12-17H2,2-3H3. The first-order valence-corrected chi connectivity index (χ1v) is 12.3. The third kappa shape index (κ3) is 4.55. The summed E-state index contributed by atoms with van der Waals surface area (Å²) in [5.74, 6) is 0.871. The Kier molecular flexibility index (Phi) is 6.74. The molecule has 0 unspecified atom stereocenters. The Morgan fingerprint density at radius 3 is 2.40 bits per heavy atom. The Bertz CT molecular complexity index is 869. The highest BCUT2D eigenvalue weighted by Crippen LogP contribution is 2.35. The summed E-state index contributed by atoms with van der Waals surface area (Å²) in [7, 11) is 0. The van der Waals surface area contributed by atoms with Crippen molar-refractivity contribution < 1.29 is 4.79 Å². The van der Waals surface area contributed by atoms with Crippen LogP contribution in [0.25, 0.3) is 10.4 Å². The molecule has 3 nitrogen and oxygen atoms in total. The average Bonchev–Trinajstić information content (AvgIpc) is 3.44. The van der Waals surface area contributed by atoms with Crippen molar-refractivity contribution in [3.05, 3.63) is 59.0 Å². The van der Waals surface area contributed by atoms with Crippen LogP contribution < -0.4 is 0 Å². The number of carbonyl (C=O) groups is 1. The van der Waals surface area contributed by atoms with Gasteiger partial charge in [0.15, 0.2) is 0 Å². The molecule has 2 saturated heterocycles. The molecular weight excluding hydrogens is 388 g/mol. The van der Waals surface area contributed by atoms with E-state index < -0.39 is 0 Å². The molecule has 0 N–H and O–H groups in total. The second-order valence-electron chi connectivity index (χ2n) is 8.98. The zero-order valence-electron chi connectivity index (χ0n) is 18.4. The van der Waals surface area contributed by atoms with Gasteiger partial charge < -0.3 is 9.80 Å². The topological polar surface area (TPSA) is 23.6 Å². The molecule has 0 saturated carbocycles. The molecule has 3 heterocycles. The van der Waals surface area contributed by atoms with Crippen molar-refractivity contribution in [1.82, 2.24) is 9.80 Å². The maximum atomic E-state index is 13.0. The number of amides is 1. The molecule has 2 aromatic rings. The predicted molar refractivity (Wildman–Crippen MR) is 127 cm³/mol. The van der Waals surface area contributed by atoms with Gasteiger partial charge in [-0.3, -0.25) is 4.79 Å². The highest BCUT2D eigenvalue weighted by Gasteiger charge is 2.25. The van der Waals surface area contributed by atoms with Crippen molar-refractivity contribution in [3.8, 4) is 10.4 Å². The first-order valence-electron chi connectivity index (χ1n) is 11.4. The van der Waals surface area contributed by atoms with Crippen molar-refractivity contribution in [3.63, 3.8) is 0 Å². The van der Waals surface area contributed by atoms with Crippen molar-refractivity contribution in [2.45, 2.75) is 57.9 Å². The molecule has 0 aliphatic carbocycles. The van der Waals surface area contributed by atoms with Gasteiger partial charge in [-0.1, -0.05) is 30.3 Å². The van der Waals surface area contributed by atoms with Gasteiger partial charge in [-0.15, -0.1) is 17.9 Å². The van der Waals surface area contributed by atoms with E-state index in [1.54, 1.807) is 11.3 Å². The number of nitrogens with zero attached hydrogens (tertiary/aromatic N) is 2. The Labute approximate surface area is 185 Å². The lowest BCUT2D eigenvalue weighted by Crippen LogP contribution is -2.37. The van der Waals surface area contributed by atoms with Crippen molar-refractivity contribution in [1.29, 1.82) is 0 Å². The summed E-state index contributed by atoms with van der Waals surface area (Å²) in [5.41, 5.74) is 3.79.